The van der Waals surface area contributed by atoms with Crippen LogP contribution < -0.4 is 0 Å². The molecule has 3 heterocycles. The molecular formula is C22H19BrF2N2O3. The standard InChI is InChI=1S/C22H19BrF2N2O3/c1-29-21(28)13-2-3-18-19(5-13)27(22-8-12(9-22)10-30-11-22)20(26-18)6-14-4-17(25)15(23)7-16(14)24/h2-5,7,12H,6,8-11H2,1H3. The van der Waals surface area contributed by atoms with E-state index in [2.05, 4.69) is 20.5 Å². The average molecular weight is 477 g/mol. The summed E-state index contributed by atoms with van der Waals surface area (Å²) in [4.78, 5) is 16.8. The number of imidazole rings is 1. The minimum atomic E-state index is -0.523. The van der Waals surface area contributed by atoms with Crippen LogP contribution in [0.5, 0.6) is 0 Å². The fourth-order valence-electron chi connectivity index (χ4n) is 4.80. The predicted octanol–water partition coefficient (Wildman–Crippen LogP) is 4.59. The van der Waals surface area contributed by atoms with E-state index in [1.165, 1.54) is 13.2 Å². The van der Waals surface area contributed by atoms with Crippen LogP contribution in [0.25, 0.3) is 11.0 Å². The van der Waals surface area contributed by atoms with Gasteiger partial charge in [0.25, 0.3) is 0 Å². The maximum atomic E-state index is 14.5. The molecule has 1 aromatic heterocycles. The van der Waals surface area contributed by atoms with Crippen molar-refractivity contribution in [2.75, 3.05) is 20.3 Å². The maximum Gasteiger partial charge on any atom is 0.337 e. The van der Waals surface area contributed by atoms with Crippen molar-refractivity contribution in [1.29, 1.82) is 0 Å². The van der Waals surface area contributed by atoms with Crippen LogP contribution >= 0.6 is 15.9 Å². The van der Waals surface area contributed by atoms with Crippen molar-refractivity contribution in [2.45, 2.75) is 24.8 Å². The first kappa shape index (κ1) is 19.6. The first-order valence-corrected chi connectivity index (χ1v) is 10.5. The summed E-state index contributed by atoms with van der Waals surface area (Å²) in [5.74, 6) is -0.353. The number of benzene rings is 2. The van der Waals surface area contributed by atoms with E-state index in [0.717, 1.165) is 31.0 Å². The second-order valence-electron chi connectivity index (χ2n) is 8.11. The Balaban J connectivity index is 1.67. The monoisotopic (exact) mass is 476 g/mol. The van der Waals surface area contributed by atoms with Crippen LogP contribution in [0.4, 0.5) is 8.78 Å². The Morgan fingerprint density at radius 3 is 2.80 bits per heavy atom. The molecule has 8 heteroatoms. The van der Waals surface area contributed by atoms with Gasteiger partial charge in [-0.3, -0.25) is 0 Å². The van der Waals surface area contributed by atoms with E-state index in [1.807, 2.05) is 0 Å². The van der Waals surface area contributed by atoms with Gasteiger partial charge in [-0.05, 0) is 70.6 Å². The highest BCUT2D eigenvalue weighted by atomic mass is 79.9. The van der Waals surface area contributed by atoms with Crippen molar-refractivity contribution in [2.24, 2.45) is 5.92 Å². The topological polar surface area (TPSA) is 53.3 Å². The van der Waals surface area contributed by atoms with E-state index >= 15 is 0 Å². The number of ether oxygens (including phenoxy) is 2. The molecule has 6 rings (SSSR count). The number of aromatic nitrogens is 2. The van der Waals surface area contributed by atoms with Crippen LogP contribution in [0, 0.1) is 17.6 Å². The molecule has 3 aliphatic rings. The molecule has 0 unspecified atom stereocenters. The Morgan fingerprint density at radius 2 is 2.10 bits per heavy atom. The largest absolute Gasteiger partial charge is 0.465 e. The Hall–Kier alpha value is -2.32. The molecule has 0 amide bonds. The molecule has 3 aromatic rings. The molecular weight excluding hydrogens is 458 g/mol. The lowest BCUT2D eigenvalue weighted by Crippen LogP contribution is -2.56. The number of hydrogen-bond donors (Lipinski definition) is 0. The fraction of sp³-hybridized carbons (Fsp3) is 0.364. The third-order valence-electron chi connectivity index (χ3n) is 6.12. The second-order valence-corrected chi connectivity index (χ2v) is 8.96. The van der Waals surface area contributed by atoms with Gasteiger partial charge in [-0.1, -0.05) is 0 Å². The van der Waals surface area contributed by atoms with E-state index in [9.17, 15) is 13.6 Å². The van der Waals surface area contributed by atoms with Crippen molar-refractivity contribution in [3.05, 3.63) is 63.4 Å². The Morgan fingerprint density at radius 1 is 1.30 bits per heavy atom. The summed E-state index contributed by atoms with van der Waals surface area (Å²) in [5.41, 5.74) is 1.83. The van der Waals surface area contributed by atoms with Crippen LogP contribution in [-0.4, -0.2) is 35.8 Å². The van der Waals surface area contributed by atoms with Gasteiger partial charge < -0.3 is 14.0 Å². The van der Waals surface area contributed by atoms with E-state index in [4.69, 9.17) is 14.5 Å². The number of fused-ring (bicyclic) bond motifs is 3. The van der Waals surface area contributed by atoms with Crippen molar-refractivity contribution < 1.29 is 23.0 Å². The normalized spacial score (nSPS) is 22.7. The molecule has 0 radical (unpaired) electrons. The van der Waals surface area contributed by atoms with Crippen molar-refractivity contribution in [3.63, 3.8) is 0 Å². The minimum Gasteiger partial charge on any atom is -0.465 e. The van der Waals surface area contributed by atoms with Crippen LogP contribution in [0.15, 0.2) is 34.8 Å². The number of esters is 1. The first-order valence-electron chi connectivity index (χ1n) is 9.71. The number of rotatable bonds is 4. The van der Waals surface area contributed by atoms with Crippen molar-refractivity contribution in [3.8, 4) is 0 Å². The zero-order chi connectivity index (χ0) is 21.0. The molecule has 30 heavy (non-hydrogen) atoms. The zero-order valence-corrected chi connectivity index (χ0v) is 17.8. The third kappa shape index (κ3) is 3.04. The van der Waals surface area contributed by atoms with Gasteiger partial charge in [-0.2, -0.15) is 0 Å². The smallest absolute Gasteiger partial charge is 0.337 e. The molecule has 2 aliphatic heterocycles. The molecule has 2 saturated heterocycles. The summed E-state index contributed by atoms with van der Waals surface area (Å²) < 4.78 is 41.4. The molecule has 2 aromatic carbocycles. The minimum absolute atomic E-state index is 0.0843. The van der Waals surface area contributed by atoms with Gasteiger partial charge >= 0.3 is 5.97 Å². The summed E-state index contributed by atoms with van der Waals surface area (Å²) in [7, 11) is 1.34. The Labute approximate surface area is 180 Å². The highest BCUT2D eigenvalue weighted by Crippen LogP contribution is 2.50. The molecule has 1 aliphatic carbocycles. The number of carbonyl (C=O) groups excluding carboxylic acids is 1. The maximum absolute atomic E-state index is 14.5. The summed E-state index contributed by atoms with van der Waals surface area (Å²) in [6.45, 7) is 1.27. The second kappa shape index (κ2) is 7.13. The summed E-state index contributed by atoms with van der Waals surface area (Å²) in [6.07, 6.45) is 2.00. The van der Waals surface area contributed by atoms with Gasteiger partial charge in [0.15, 0.2) is 0 Å². The zero-order valence-electron chi connectivity index (χ0n) is 16.3. The summed E-state index contributed by atoms with van der Waals surface area (Å²) in [6, 6.07) is 7.51. The van der Waals surface area contributed by atoms with E-state index < -0.39 is 17.6 Å². The third-order valence-corrected chi connectivity index (χ3v) is 6.73. The molecule has 0 spiro atoms. The lowest BCUT2D eigenvalue weighted by atomic mass is 9.66. The average Bonchev–Trinajstić information content (AvgIpc) is 3.08. The van der Waals surface area contributed by atoms with Gasteiger partial charge in [0.2, 0.25) is 0 Å². The number of methoxy groups -OCH3 is 1. The molecule has 1 saturated carbocycles. The van der Waals surface area contributed by atoms with Gasteiger partial charge in [0.05, 0.1) is 40.3 Å². The Kier molecular flexibility index (Phi) is 4.67. The van der Waals surface area contributed by atoms with Gasteiger partial charge in [-0.15, -0.1) is 0 Å². The highest BCUT2D eigenvalue weighted by Gasteiger charge is 2.51. The quantitative estimate of drug-likeness (QED) is 0.408. The van der Waals surface area contributed by atoms with Crippen molar-refractivity contribution in [1.82, 2.24) is 9.55 Å². The SMILES string of the molecule is COC(=O)c1ccc2nc(Cc3cc(F)c(Br)cc3F)n(C34COCC(C3)C4)c2c1. The lowest BCUT2D eigenvalue weighted by Gasteiger charge is -2.53. The number of hydrogen-bond acceptors (Lipinski definition) is 4. The molecule has 5 nitrogen and oxygen atoms in total. The molecule has 2 bridgehead atoms. The van der Waals surface area contributed by atoms with Crippen molar-refractivity contribution >= 4 is 32.9 Å². The first-order chi connectivity index (χ1) is 14.4. The van der Waals surface area contributed by atoms with Crippen LogP contribution in [0.2, 0.25) is 0 Å². The summed E-state index contributed by atoms with van der Waals surface area (Å²) in [5, 5.41) is 0. The van der Waals surface area contributed by atoms with Gasteiger partial charge in [-0.25, -0.2) is 18.6 Å². The van der Waals surface area contributed by atoms with Crippen LogP contribution in [0.3, 0.4) is 0 Å². The molecule has 156 valence electrons. The van der Waals surface area contributed by atoms with E-state index in [0.29, 0.717) is 29.4 Å². The van der Waals surface area contributed by atoms with Crippen LogP contribution in [-0.2, 0) is 21.4 Å². The van der Waals surface area contributed by atoms with E-state index in [1.54, 1.807) is 18.2 Å². The van der Waals surface area contributed by atoms with Gasteiger partial charge in [0, 0.05) is 13.0 Å². The lowest BCUT2D eigenvalue weighted by molar-refractivity contribution is -0.119. The summed E-state index contributed by atoms with van der Waals surface area (Å²) >= 11 is 3.02. The van der Waals surface area contributed by atoms with Gasteiger partial charge in [0.1, 0.15) is 17.5 Å². The molecule has 3 fully saturated rings. The predicted molar refractivity (Wildman–Crippen MR) is 109 cm³/mol. The number of halogens is 3. The van der Waals surface area contributed by atoms with E-state index in [-0.39, 0.29) is 22.0 Å². The highest BCUT2D eigenvalue weighted by molar-refractivity contribution is 9.10. The molecule has 0 atom stereocenters. The number of nitrogens with zero attached hydrogens (tertiary/aromatic N) is 2. The van der Waals surface area contributed by atoms with Crippen LogP contribution in [0.1, 0.15) is 34.6 Å². The Bertz CT molecular complexity index is 1170. The fourth-order valence-corrected chi connectivity index (χ4v) is 5.12. The molecule has 0 N–H and O–H groups in total. The number of carbonyl (C=O) groups is 1.